The number of rotatable bonds is 8. The van der Waals surface area contributed by atoms with E-state index in [0.717, 1.165) is 5.56 Å². The first-order chi connectivity index (χ1) is 15.7. The van der Waals surface area contributed by atoms with Crippen molar-refractivity contribution >= 4 is 11.7 Å². The second-order valence-corrected chi connectivity index (χ2v) is 6.59. The van der Waals surface area contributed by atoms with E-state index in [1.807, 2.05) is 12.1 Å². The summed E-state index contributed by atoms with van der Waals surface area (Å²) in [5.74, 6) is 1.75. The molecule has 9 heteroatoms. The molecular formula is C23H20N4O5. The van der Waals surface area contributed by atoms with Crippen LogP contribution in [-0.2, 0) is 6.61 Å². The standard InChI is InChI=1S/C23H20N4O5/c1-29-16-5-6-19(30-2)17(12-16)21-13-18(27-32-21)23(28)26-22-20(4-3-9-25-22)31-14-15-7-10-24-11-8-15/h3-13H,14H2,1-2H3,(H,25,26,28). The van der Waals surface area contributed by atoms with Crippen molar-refractivity contribution in [2.24, 2.45) is 0 Å². The number of anilines is 1. The molecule has 32 heavy (non-hydrogen) atoms. The Kier molecular flexibility index (Phi) is 6.26. The molecule has 0 aliphatic heterocycles. The zero-order valence-electron chi connectivity index (χ0n) is 17.4. The zero-order valence-corrected chi connectivity index (χ0v) is 17.4. The first-order valence-corrected chi connectivity index (χ1v) is 9.65. The lowest BCUT2D eigenvalue weighted by molar-refractivity contribution is 0.101. The average Bonchev–Trinajstić information content (AvgIpc) is 3.34. The van der Waals surface area contributed by atoms with Crippen LogP contribution in [0.5, 0.6) is 17.2 Å². The van der Waals surface area contributed by atoms with E-state index >= 15 is 0 Å². The minimum absolute atomic E-state index is 0.0793. The number of carbonyl (C=O) groups excluding carboxylic acids is 1. The van der Waals surface area contributed by atoms with E-state index in [2.05, 4.69) is 20.4 Å². The van der Waals surface area contributed by atoms with Gasteiger partial charge in [0.1, 0.15) is 18.1 Å². The van der Waals surface area contributed by atoms with Gasteiger partial charge < -0.3 is 24.1 Å². The number of methoxy groups -OCH3 is 2. The smallest absolute Gasteiger partial charge is 0.279 e. The molecule has 0 saturated heterocycles. The molecule has 3 aromatic heterocycles. The van der Waals surface area contributed by atoms with Gasteiger partial charge in [0.25, 0.3) is 5.91 Å². The lowest BCUT2D eigenvalue weighted by Gasteiger charge is -2.10. The third-order valence-corrected chi connectivity index (χ3v) is 4.56. The molecule has 0 spiro atoms. The Morgan fingerprint density at radius 3 is 2.62 bits per heavy atom. The van der Waals surface area contributed by atoms with Crippen LogP contribution in [0.1, 0.15) is 16.1 Å². The first kappa shape index (κ1) is 20.9. The average molecular weight is 432 g/mol. The van der Waals surface area contributed by atoms with Crippen LogP contribution in [0.15, 0.2) is 71.6 Å². The van der Waals surface area contributed by atoms with Gasteiger partial charge in [-0.1, -0.05) is 5.16 Å². The highest BCUT2D eigenvalue weighted by Gasteiger charge is 2.19. The van der Waals surface area contributed by atoms with Crippen LogP contribution in [0, 0.1) is 0 Å². The van der Waals surface area contributed by atoms with Crippen LogP contribution < -0.4 is 19.5 Å². The van der Waals surface area contributed by atoms with Crippen LogP contribution in [0.2, 0.25) is 0 Å². The molecule has 0 saturated carbocycles. The number of hydrogen-bond donors (Lipinski definition) is 1. The summed E-state index contributed by atoms with van der Waals surface area (Å²) in [5, 5.41) is 6.60. The molecule has 0 fully saturated rings. The fourth-order valence-corrected chi connectivity index (χ4v) is 2.93. The predicted molar refractivity (Wildman–Crippen MR) is 116 cm³/mol. The Hall–Kier alpha value is -4.40. The number of nitrogens with zero attached hydrogens (tertiary/aromatic N) is 3. The molecule has 3 heterocycles. The van der Waals surface area contributed by atoms with Crippen molar-refractivity contribution in [1.82, 2.24) is 15.1 Å². The normalized spacial score (nSPS) is 10.4. The number of nitrogens with one attached hydrogen (secondary N) is 1. The van der Waals surface area contributed by atoms with E-state index < -0.39 is 5.91 Å². The van der Waals surface area contributed by atoms with Gasteiger partial charge >= 0.3 is 0 Å². The molecule has 0 aliphatic rings. The lowest BCUT2D eigenvalue weighted by Crippen LogP contribution is -2.14. The maximum Gasteiger partial charge on any atom is 0.279 e. The van der Waals surface area contributed by atoms with Crippen LogP contribution >= 0.6 is 0 Å². The van der Waals surface area contributed by atoms with Crippen LogP contribution in [0.25, 0.3) is 11.3 Å². The maximum atomic E-state index is 12.8. The van der Waals surface area contributed by atoms with E-state index in [0.29, 0.717) is 35.2 Å². The molecule has 1 amide bonds. The summed E-state index contributed by atoms with van der Waals surface area (Å²) >= 11 is 0. The van der Waals surface area contributed by atoms with Gasteiger partial charge in [0, 0.05) is 24.7 Å². The SMILES string of the molecule is COc1ccc(OC)c(-c2cc(C(=O)Nc3ncccc3OCc3ccncc3)no2)c1. The van der Waals surface area contributed by atoms with Crippen LogP contribution in [-0.4, -0.2) is 35.3 Å². The number of aromatic nitrogens is 3. The molecule has 0 aliphatic carbocycles. The van der Waals surface area contributed by atoms with Gasteiger partial charge in [0.15, 0.2) is 23.0 Å². The van der Waals surface area contributed by atoms with Crippen molar-refractivity contribution in [2.75, 3.05) is 19.5 Å². The van der Waals surface area contributed by atoms with E-state index in [1.165, 1.54) is 6.07 Å². The van der Waals surface area contributed by atoms with E-state index in [9.17, 15) is 4.79 Å². The van der Waals surface area contributed by atoms with Crippen molar-refractivity contribution in [1.29, 1.82) is 0 Å². The van der Waals surface area contributed by atoms with E-state index in [4.69, 9.17) is 18.7 Å². The molecular weight excluding hydrogens is 412 g/mol. The van der Waals surface area contributed by atoms with Crippen molar-refractivity contribution in [2.45, 2.75) is 6.61 Å². The fraction of sp³-hybridized carbons (Fsp3) is 0.130. The molecule has 4 aromatic rings. The van der Waals surface area contributed by atoms with Crippen molar-refractivity contribution < 1.29 is 23.5 Å². The van der Waals surface area contributed by atoms with Gasteiger partial charge in [-0.2, -0.15) is 0 Å². The molecule has 0 radical (unpaired) electrons. The molecule has 0 atom stereocenters. The highest BCUT2D eigenvalue weighted by Crippen LogP contribution is 2.34. The van der Waals surface area contributed by atoms with Crippen molar-refractivity contribution in [3.05, 3.63) is 78.4 Å². The topological polar surface area (TPSA) is 109 Å². The second-order valence-electron chi connectivity index (χ2n) is 6.59. The summed E-state index contributed by atoms with van der Waals surface area (Å²) in [7, 11) is 3.11. The monoisotopic (exact) mass is 432 g/mol. The number of carbonyl (C=O) groups is 1. The number of ether oxygens (including phenoxy) is 3. The van der Waals surface area contributed by atoms with Crippen LogP contribution in [0.4, 0.5) is 5.82 Å². The summed E-state index contributed by atoms with van der Waals surface area (Å²) in [6.45, 7) is 0.306. The predicted octanol–water partition coefficient (Wildman–Crippen LogP) is 3.98. The molecule has 0 bridgehead atoms. The maximum absolute atomic E-state index is 12.8. The Labute approximate surface area is 184 Å². The van der Waals surface area contributed by atoms with E-state index in [-0.39, 0.29) is 11.5 Å². The fourth-order valence-electron chi connectivity index (χ4n) is 2.93. The summed E-state index contributed by atoms with van der Waals surface area (Å²) in [6.07, 6.45) is 4.93. The first-order valence-electron chi connectivity index (χ1n) is 9.65. The van der Waals surface area contributed by atoms with Crippen molar-refractivity contribution in [3.63, 3.8) is 0 Å². The molecule has 1 N–H and O–H groups in total. The van der Waals surface area contributed by atoms with Gasteiger partial charge in [-0.25, -0.2) is 4.98 Å². The molecule has 0 unspecified atom stereocenters. The minimum Gasteiger partial charge on any atom is -0.497 e. The largest absolute Gasteiger partial charge is 0.497 e. The second kappa shape index (κ2) is 9.61. The highest BCUT2D eigenvalue weighted by molar-refractivity contribution is 6.03. The summed E-state index contributed by atoms with van der Waals surface area (Å²) in [4.78, 5) is 21.0. The van der Waals surface area contributed by atoms with E-state index in [1.54, 1.807) is 63.1 Å². The Bertz CT molecular complexity index is 1210. The van der Waals surface area contributed by atoms with Gasteiger partial charge in [-0.3, -0.25) is 9.78 Å². The van der Waals surface area contributed by atoms with Crippen LogP contribution in [0.3, 0.4) is 0 Å². The van der Waals surface area contributed by atoms with Gasteiger partial charge in [0.05, 0.1) is 19.8 Å². The van der Waals surface area contributed by atoms with Gasteiger partial charge in [0.2, 0.25) is 0 Å². The molecule has 4 rings (SSSR count). The minimum atomic E-state index is -0.491. The molecule has 1 aromatic carbocycles. The number of pyridine rings is 2. The summed E-state index contributed by atoms with van der Waals surface area (Å²) in [5.41, 5.74) is 1.63. The van der Waals surface area contributed by atoms with Crippen molar-refractivity contribution in [3.8, 4) is 28.6 Å². The molecule has 162 valence electrons. The number of amides is 1. The summed E-state index contributed by atoms with van der Waals surface area (Å²) in [6, 6.07) is 13.9. The zero-order chi connectivity index (χ0) is 22.3. The van der Waals surface area contributed by atoms with Gasteiger partial charge in [-0.05, 0) is 48.0 Å². The Morgan fingerprint density at radius 2 is 1.84 bits per heavy atom. The Balaban J connectivity index is 1.51. The summed E-state index contributed by atoms with van der Waals surface area (Å²) < 4.78 is 21.8. The molecule has 9 nitrogen and oxygen atoms in total. The third kappa shape index (κ3) is 4.67. The van der Waals surface area contributed by atoms with Gasteiger partial charge in [-0.15, -0.1) is 0 Å². The Morgan fingerprint density at radius 1 is 1.00 bits per heavy atom. The number of hydrogen-bond acceptors (Lipinski definition) is 8. The number of benzene rings is 1. The quantitative estimate of drug-likeness (QED) is 0.445. The lowest BCUT2D eigenvalue weighted by atomic mass is 10.1. The highest BCUT2D eigenvalue weighted by atomic mass is 16.5. The third-order valence-electron chi connectivity index (χ3n) is 4.56.